The largest absolute Gasteiger partial charge is 0.462 e. The molecule has 0 unspecified atom stereocenters. The van der Waals surface area contributed by atoms with Crippen LogP contribution < -0.4 is 0 Å². The molecule has 0 N–H and O–H groups in total. The standard InChI is InChI=1S/C5H4O2.C4H10O/c6-4-5-2-1-3-7-5;1-3-5-4-2/h1-4H;3-4H2,1-2H3. The highest BCUT2D eigenvalue weighted by molar-refractivity contribution is 5.69. The lowest BCUT2D eigenvalue weighted by molar-refractivity contribution is 0.110. The zero-order valence-corrected chi connectivity index (χ0v) is 7.45. The van der Waals surface area contributed by atoms with Crippen LogP contribution in [0, 0.1) is 0 Å². The molecular formula is C9H14O3. The van der Waals surface area contributed by atoms with Crippen molar-refractivity contribution in [3.05, 3.63) is 24.2 Å². The van der Waals surface area contributed by atoms with E-state index in [2.05, 4.69) is 4.42 Å². The number of furan rings is 1. The van der Waals surface area contributed by atoms with Gasteiger partial charge in [0.2, 0.25) is 0 Å². The van der Waals surface area contributed by atoms with Gasteiger partial charge in [-0.2, -0.15) is 0 Å². The third-order valence-corrected chi connectivity index (χ3v) is 1.07. The summed E-state index contributed by atoms with van der Waals surface area (Å²) in [5.41, 5.74) is 0. The summed E-state index contributed by atoms with van der Waals surface area (Å²) in [7, 11) is 0. The topological polar surface area (TPSA) is 39.4 Å². The molecule has 3 nitrogen and oxygen atoms in total. The Bertz CT molecular complexity index is 178. The lowest BCUT2D eigenvalue weighted by atomic mass is 10.5. The van der Waals surface area contributed by atoms with Crippen LogP contribution in [-0.4, -0.2) is 19.5 Å². The van der Waals surface area contributed by atoms with Gasteiger partial charge < -0.3 is 9.15 Å². The third-order valence-electron chi connectivity index (χ3n) is 1.07. The molecule has 68 valence electrons. The number of rotatable bonds is 3. The molecule has 0 atom stereocenters. The van der Waals surface area contributed by atoms with Gasteiger partial charge in [0.25, 0.3) is 0 Å². The van der Waals surface area contributed by atoms with Crippen molar-refractivity contribution in [2.45, 2.75) is 13.8 Å². The van der Waals surface area contributed by atoms with E-state index in [1.165, 1.54) is 6.26 Å². The maximum Gasteiger partial charge on any atom is 0.185 e. The van der Waals surface area contributed by atoms with E-state index in [1.807, 2.05) is 13.8 Å². The number of ether oxygens (including phenoxy) is 1. The van der Waals surface area contributed by atoms with Gasteiger partial charge in [0.05, 0.1) is 6.26 Å². The molecule has 0 fully saturated rings. The van der Waals surface area contributed by atoms with Gasteiger partial charge in [-0.1, -0.05) is 0 Å². The van der Waals surface area contributed by atoms with Crippen molar-refractivity contribution in [3.8, 4) is 0 Å². The molecule has 12 heavy (non-hydrogen) atoms. The Labute approximate surface area is 72.3 Å². The third kappa shape index (κ3) is 5.68. The van der Waals surface area contributed by atoms with Gasteiger partial charge >= 0.3 is 0 Å². The lowest BCUT2D eigenvalue weighted by Crippen LogP contribution is -1.84. The molecule has 0 aromatic carbocycles. The maximum absolute atomic E-state index is 9.77. The number of aldehydes is 1. The van der Waals surface area contributed by atoms with Crippen LogP contribution in [0.1, 0.15) is 24.4 Å². The Hall–Kier alpha value is -1.09. The normalized spacial score (nSPS) is 8.50. The van der Waals surface area contributed by atoms with Crippen LogP contribution in [0.15, 0.2) is 22.8 Å². The van der Waals surface area contributed by atoms with Gasteiger partial charge in [0.15, 0.2) is 12.0 Å². The summed E-state index contributed by atoms with van der Waals surface area (Å²) in [4.78, 5) is 9.77. The van der Waals surface area contributed by atoms with Crippen LogP contribution in [0.5, 0.6) is 0 Å². The minimum Gasteiger partial charge on any atom is -0.462 e. The summed E-state index contributed by atoms with van der Waals surface area (Å²) in [6.45, 7) is 5.67. The molecule has 1 aromatic rings. The van der Waals surface area contributed by atoms with Crippen LogP contribution in [0.3, 0.4) is 0 Å². The Balaban J connectivity index is 0.000000217. The molecule has 0 radical (unpaired) electrons. The molecule has 1 rings (SSSR count). The second-order valence-electron chi connectivity index (χ2n) is 1.91. The fourth-order valence-corrected chi connectivity index (χ4v) is 0.562. The first-order valence-electron chi connectivity index (χ1n) is 3.91. The summed E-state index contributed by atoms with van der Waals surface area (Å²) in [6.07, 6.45) is 2.13. The first-order chi connectivity index (χ1) is 5.85. The first-order valence-corrected chi connectivity index (χ1v) is 3.91. The van der Waals surface area contributed by atoms with Crippen molar-refractivity contribution in [3.63, 3.8) is 0 Å². The molecule has 0 aliphatic heterocycles. The van der Waals surface area contributed by atoms with Crippen molar-refractivity contribution in [1.29, 1.82) is 0 Å². The average molecular weight is 170 g/mol. The molecule has 0 bridgehead atoms. The highest BCUT2D eigenvalue weighted by Gasteiger charge is 1.84. The predicted octanol–water partition coefficient (Wildman–Crippen LogP) is 2.13. The monoisotopic (exact) mass is 170 g/mol. The van der Waals surface area contributed by atoms with Crippen LogP contribution in [0.4, 0.5) is 0 Å². The lowest BCUT2D eigenvalue weighted by Gasteiger charge is -1.86. The molecule has 0 aliphatic rings. The Morgan fingerprint density at radius 2 is 2.17 bits per heavy atom. The number of carbonyl (C=O) groups is 1. The number of hydrogen-bond acceptors (Lipinski definition) is 3. The molecule has 0 saturated heterocycles. The fraction of sp³-hybridized carbons (Fsp3) is 0.444. The zero-order chi connectivity index (χ0) is 9.23. The minimum absolute atomic E-state index is 0.375. The number of carbonyl (C=O) groups excluding carboxylic acids is 1. The van der Waals surface area contributed by atoms with E-state index in [0.29, 0.717) is 12.0 Å². The Morgan fingerprint density at radius 3 is 2.33 bits per heavy atom. The van der Waals surface area contributed by atoms with Crippen LogP contribution in [0.2, 0.25) is 0 Å². The molecule has 1 aromatic heterocycles. The predicted molar refractivity (Wildman–Crippen MR) is 46.3 cm³/mol. The van der Waals surface area contributed by atoms with E-state index < -0.39 is 0 Å². The van der Waals surface area contributed by atoms with E-state index in [4.69, 9.17) is 4.74 Å². The molecule has 1 heterocycles. The smallest absolute Gasteiger partial charge is 0.185 e. The summed E-state index contributed by atoms with van der Waals surface area (Å²) in [6, 6.07) is 3.27. The van der Waals surface area contributed by atoms with E-state index in [-0.39, 0.29) is 0 Å². The second-order valence-corrected chi connectivity index (χ2v) is 1.91. The van der Waals surface area contributed by atoms with E-state index in [9.17, 15) is 4.79 Å². The van der Waals surface area contributed by atoms with Gasteiger partial charge in [-0.15, -0.1) is 0 Å². The highest BCUT2D eigenvalue weighted by Crippen LogP contribution is 1.92. The van der Waals surface area contributed by atoms with Gasteiger partial charge in [0.1, 0.15) is 0 Å². The van der Waals surface area contributed by atoms with E-state index in [0.717, 1.165) is 13.2 Å². The molecule has 0 saturated carbocycles. The summed E-state index contributed by atoms with van der Waals surface area (Å²) in [5, 5.41) is 0. The summed E-state index contributed by atoms with van der Waals surface area (Å²) < 4.78 is 9.45. The first kappa shape index (κ1) is 10.9. The quantitative estimate of drug-likeness (QED) is 0.652. The van der Waals surface area contributed by atoms with Gasteiger partial charge in [-0.3, -0.25) is 4.79 Å². The second kappa shape index (κ2) is 8.01. The zero-order valence-electron chi connectivity index (χ0n) is 7.45. The molecule has 3 heteroatoms. The summed E-state index contributed by atoms with van der Waals surface area (Å²) >= 11 is 0. The SMILES string of the molecule is CCOCC.O=Cc1ccco1. The summed E-state index contributed by atoms with van der Waals surface area (Å²) in [5.74, 6) is 0.375. The molecule has 0 amide bonds. The van der Waals surface area contributed by atoms with Gasteiger partial charge in [-0.25, -0.2) is 0 Å². The van der Waals surface area contributed by atoms with Crippen LogP contribution in [0.25, 0.3) is 0 Å². The average Bonchev–Trinajstić information content (AvgIpc) is 2.58. The van der Waals surface area contributed by atoms with E-state index in [1.54, 1.807) is 12.1 Å². The van der Waals surface area contributed by atoms with Crippen molar-refractivity contribution in [2.24, 2.45) is 0 Å². The fourth-order valence-electron chi connectivity index (χ4n) is 0.562. The minimum atomic E-state index is 0.375. The van der Waals surface area contributed by atoms with Gasteiger partial charge in [0, 0.05) is 13.2 Å². The molecular weight excluding hydrogens is 156 g/mol. The van der Waals surface area contributed by atoms with Crippen LogP contribution >= 0.6 is 0 Å². The Morgan fingerprint density at radius 1 is 1.50 bits per heavy atom. The van der Waals surface area contributed by atoms with Crippen molar-refractivity contribution in [2.75, 3.05) is 13.2 Å². The van der Waals surface area contributed by atoms with Crippen molar-refractivity contribution >= 4 is 6.29 Å². The highest BCUT2D eigenvalue weighted by atomic mass is 16.5. The maximum atomic E-state index is 9.77. The van der Waals surface area contributed by atoms with Gasteiger partial charge in [-0.05, 0) is 26.0 Å². The van der Waals surface area contributed by atoms with Crippen molar-refractivity contribution < 1.29 is 13.9 Å². The number of hydrogen-bond donors (Lipinski definition) is 0. The molecule has 0 spiro atoms. The van der Waals surface area contributed by atoms with Crippen molar-refractivity contribution in [1.82, 2.24) is 0 Å². The molecule has 0 aliphatic carbocycles. The van der Waals surface area contributed by atoms with E-state index >= 15 is 0 Å². The van der Waals surface area contributed by atoms with Crippen LogP contribution in [-0.2, 0) is 4.74 Å². The Kier molecular flexibility index (Phi) is 7.28.